The molecule has 94 valence electrons. The van der Waals surface area contributed by atoms with Crippen LogP contribution in [0.5, 0.6) is 11.5 Å². The van der Waals surface area contributed by atoms with Gasteiger partial charge in [-0.3, -0.25) is 4.79 Å². The van der Waals surface area contributed by atoms with Crippen LogP contribution in [0.4, 0.5) is 13.2 Å². The molecule has 0 aliphatic rings. The summed E-state index contributed by atoms with van der Waals surface area (Å²) >= 11 is 3.04. The maximum absolute atomic E-state index is 12.0. The van der Waals surface area contributed by atoms with Gasteiger partial charge in [0.15, 0.2) is 5.78 Å². The molecule has 0 atom stereocenters. The topological polar surface area (TPSA) is 46.5 Å². The summed E-state index contributed by atoms with van der Waals surface area (Å²) < 4.78 is 39.5. The minimum absolute atomic E-state index is 0.0244. The molecule has 0 heterocycles. The number of Topliss-reactive ketones (excluding diaryl/α,β-unsaturated/α-hetero) is 1. The van der Waals surface area contributed by atoms with Crippen LogP contribution in [0.1, 0.15) is 16.8 Å². The second-order valence-corrected chi connectivity index (χ2v) is 3.92. The lowest BCUT2D eigenvalue weighted by Crippen LogP contribution is -2.17. The number of phenols is 1. The summed E-state index contributed by atoms with van der Waals surface area (Å²) in [5.74, 6) is -1.45. The van der Waals surface area contributed by atoms with E-state index >= 15 is 0 Å². The van der Waals surface area contributed by atoms with Gasteiger partial charge in [-0.15, -0.1) is 13.2 Å². The van der Waals surface area contributed by atoms with Gasteiger partial charge >= 0.3 is 6.36 Å². The molecular formula is C10H8BrF3O3. The van der Waals surface area contributed by atoms with Gasteiger partial charge in [0, 0.05) is 23.4 Å². The number of alkyl halides is 4. The van der Waals surface area contributed by atoms with Crippen molar-refractivity contribution in [3.63, 3.8) is 0 Å². The lowest BCUT2D eigenvalue weighted by atomic mass is 10.1. The van der Waals surface area contributed by atoms with Crippen molar-refractivity contribution in [1.82, 2.24) is 0 Å². The summed E-state index contributed by atoms with van der Waals surface area (Å²) in [5, 5.41) is 9.58. The van der Waals surface area contributed by atoms with Gasteiger partial charge < -0.3 is 9.84 Å². The summed E-state index contributed by atoms with van der Waals surface area (Å²) in [6.07, 6.45) is -4.74. The van der Waals surface area contributed by atoms with Crippen LogP contribution in [-0.4, -0.2) is 22.6 Å². The van der Waals surface area contributed by atoms with E-state index in [9.17, 15) is 23.1 Å². The minimum Gasteiger partial charge on any atom is -0.508 e. The summed E-state index contributed by atoms with van der Waals surface area (Å²) in [4.78, 5) is 11.4. The molecule has 1 N–H and O–H groups in total. The molecule has 17 heavy (non-hydrogen) atoms. The average Bonchev–Trinajstić information content (AvgIpc) is 2.14. The predicted molar refractivity (Wildman–Crippen MR) is 57.5 cm³/mol. The molecule has 7 heteroatoms. The first kappa shape index (κ1) is 13.8. The molecule has 0 aliphatic heterocycles. The SMILES string of the molecule is O=C(CCBr)c1cc(O)cc(OC(F)(F)F)c1. The van der Waals surface area contributed by atoms with Crippen LogP contribution in [0.15, 0.2) is 18.2 Å². The van der Waals surface area contributed by atoms with Crippen molar-refractivity contribution in [2.45, 2.75) is 12.8 Å². The first-order valence-electron chi connectivity index (χ1n) is 4.51. The maximum Gasteiger partial charge on any atom is 0.573 e. The summed E-state index contributed by atoms with van der Waals surface area (Å²) in [7, 11) is 0. The monoisotopic (exact) mass is 312 g/mol. The van der Waals surface area contributed by atoms with Crippen LogP contribution < -0.4 is 4.74 Å². The Kier molecular flexibility index (Phi) is 4.39. The van der Waals surface area contributed by atoms with Crippen molar-refractivity contribution in [2.75, 3.05) is 5.33 Å². The highest BCUT2D eigenvalue weighted by molar-refractivity contribution is 9.09. The highest BCUT2D eigenvalue weighted by atomic mass is 79.9. The number of phenolic OH excluding ortho intramolecular Hbond substituents is 1. The zero-order chi connectivity index (χ0) is 13.1. The number of carbonyl (C=O) groups is 1. The number of halogens is 4. The Bertz CT molecular complexity index is 418. The van der Waals surface area contributed by atoms with Gasteiger partial charge in [0.25, 0.3) is 0 Å². The van der Waals surface area contributed by atoms with E-state index < -0.39 is 17.9 Å². The van der Waals surface area contributed by atoms with Crippen LogP contribution in [0, 0.1) is 0 Å². The number of ether oxygens (including phenoxy) is 1. The second-order valence-electron chi connectivity index (χ2n) is 3.13. The Hall–Kier alpha value is -1.24. The Morgan fingerprint density at radius 2 is 2.00 bits per heavy atom. The van der Waals surface area contributed by atoms with Crippen molar-refractivity contribution >= 4 is 21.7 Å². The predicted octanol–water partition coefficient (Wildman–Crippen LogP) is 3.26. The van der Waals surface area contributed by atoms with Crippen LogP contribution in [0.2, 0.25) is 0 Å². The molecule has 0 amide bonds. The van der Waals surface area contributed by atoms with Gasteiger partial charge in [0.2, 0.25) is 0 Å². The molecule has 0 spiro atoms. The molecule has 0 bridgehead atoms. The van der Waals surface area contributed by atoms with Gasteiger partial charge in [0.1, 0.15) is 11.5 Å². The second kappa shape index (κ2) is 5.39. The Balaban J connectivity index is 2.98. The van der Waals surface area contributed by atoms with Crippen molar-refractivity contribution in [2.24, 2.45) is 0 Å². The number of hydrogen-bond donors (Lipinski definition) is 1. The molecule has 0 aliphatic carbocycles. The van der Waals surface area contributed by atoms with Crippen molar-refractivity contribution in [1.29, 1.82) is 0 Å². The molecule has 1 aromatic carbocycles. The van der Waals surface area contributed by atoms with Crippen molar-refractivity contribution in [3.8, 4) is 11.5 Å². The normalized spacial score (nSPS) is 11.3. The lowest BCUT2D eigenvalue weighted by Gasteiger charge is -2.10. The number of rotatable bonds is 4. The molecule has 0 unspecified atom stereocenters. The minimum atomic E-state index is -4.86. The van der Waals surface area contributed by atoms with Crippen molar-refractivity contribution in [3.05, 3.63) is 23.8 Å². The van der Waals surface area contributed by atoms with E-state index in [1.54, 1.807) is 0 Å². The van der Waals surface area contributed by atoms with Crippen LogP contribution in [0.25, 0.3) is 0 Å². The quantitative estimate of drug-likeness (QED) is 0.685. The highest BCUT2D eigenvalue weighted by Gasteiger charge is 2.31. The molecule has 0 fully saturated rings. The Morgan fingerprint density at radius 1 is 1.35 bits per heavy atom. The van der Waals surface area contributed by atoms with E-state index in [2.05, 4.69) is 20.7 Å². The first-order valence-corrected chi connectivity index (χ1v) is 5.63. The standard InChI is InChI=1S/C10H8BrF3O3/c11-2-1-9(16)6-3-7(15)5-8(4-6)17-10(12,13)14/h3-5,15H,1-2H2. The third-order valence-corrected chi connectivity index (χ3v) is 2.16. The average molecular weight is 313 g/mol. The van der Waals surface area contributed by atoms with Crippen LogP contribution in [0.3, 0.4) is 0 Å². The van der Waals surface area contributed by atoms with E-state index in [4.69, 9.17) is 0 Å². The molecule has 0 radical (unpaired) electrons. The summed E-state index contributed by atoms with van der Waals surface area (Å²) in [6.45, 7) is 0. The molecule has 3 nitrogen and oxygen atoms in total. The highest BCUT2D eigenvalue weighted by Crippen LogP contribution is 2.28. The van der Waals surface area contributed by atoms with E-state index in [1.165, 1.54) is 0 Å². The smallest absolute Gasteiger partial charge is 0.508 e. The summed E-state index contributed by atoms with van der Waals surface area (Å²) in [5.41, 5.74) is -0.0244. The van der Waals surface area contributed by atoms with Gasteiger partial charge in [0.05, 0.1) is 0 Å². The fourth-order valence-electron chi connectivity index (χ4n) is 1.17. The van der Waals surface area contributed by atoms with Gasteiger partial charge in [-0.25, -0.2) is 0 Å². The number of ketones is 1. The number of benzene rings is 1. The molecule has 0 saturated carbocycles. The van der Waals surface area contributed by atoms with Crippen LogP contribution >= 0.6 is 15.9 Å². The van der Waals surface area contributed by atoms with Gasteiger partial charge in [-0.2, -0.15) is 0 Å². The third kappa shape index (κ3) is 4.64. The fraction of sp³-hybridized carbons (Fsp3) is 0.300. The largest absolute Gasteiger partial charge is 0.573 e. The van der Waals surface area contributed by atoms with E-state index in [1.807, 2.05) is 0 Å². The Labute approximate surface area is 103 Å². The molecule has 0 saturated heterocycles. The number of aromatic hydroxyl groups is 1. The molecular weight excluding hydrogens is 305 g/mol. The Morgan fingerprint density at radius 3 is 2.53 bits per heavy atom. The lowest BCUT2D eigenvalue weighted by molar-refractivity contribution is -0.274. The maximum atomic E-state index is 12.0. The van der Waals surface area contributed by atoms with Gasteiger partial charge in [-0.1, -0.05) is 15.9 Å². The summed E-state index contributed by atoms with van der Waals surface area (Å²) in [6, 6.07) is 2.82. The third-order valence-electron chi connectivity index (χ3n) is 1.77. The van der Waals surface area contributed by atoms with E-state index in [0.29, 0.717) is 5.33 Å². The fourth-order valence-corrected chi connectivity index (χ4v) is 1.53. The molecule has 0 aromatic heterocycles. The zero-order valence-electron chi connectivity index (χ0n) is 8.42. The van der Waals surface area contributed by atoms with Crippen LogP contribution in [-0.2, 0) is 0 Å². The first-order chi connectivity index (χ1) is 7.81. The van der Waals surface area contributed by atoms with E-state index in [-0.39, 0.29) is 17.8 Å². The van der Waals surface area contributed by atoms with E-state index in [0.717, 1.165) is 18.2 Å². The van der Waals surface area contributed by atoms with Gasteiger partial charge in [-0.05, 0) is 12.1 Å². The molecule has 1 rings (SSSR count). The van der Waals surface area contributed by atoms with Crippen molar-refractivity contribution < 1.29 is 27.8 Å². The number of carbonyl (C=O) groups excluding carboxylic acids is 1. The zero-order valence-corrected chi connectivity index (χ0v) is 10.0. The number of hydrogen-bond acceptors (Lipinski definition) is 3. The molecule has 1 aromatic rings.